The van der Waals surface area contributed by atoms with Gasteiger partial charge in [-0.25, -0.2) is 4.79 Å². The van der Waals surface area contributed by atoms with Gasteiger partial charge in [0.1, 0.15) is 6.10 Å². The summed E-state index contributed by atoms with van der Waals surface area (Å²) in [6.07, 6.45) is 9.27. The Kier molecular flexibility index (Phi) is 5.17. The van der Waals surface area contributed by atoms with Crippen molar-refractivity contribution in [3.05, 3.63) is 12.2 Å². The summed E-state index contributed by atoms with van der Waals surface area (Å²) in [7, 11) is 0. The number of carbonyl (C=O) groups excluding carboxylic acids is 2. The van der Waals surface area contributed by atoms with Crippen LogP contribution < -0.4 is 0 Å². The lowest BCUT2D eigenvalue weighted by Crippen LogP contribution is -2.60. The van der Waals surface area contributed by atoms with Crippen LogP contribution in [0.5, 0.6) is 0 Å². The van der Waals surface area contributed by atoms with Crippen molar-refractivity contribution >= 4 is 11.8 Å². The fourth-order valence-corrected chi connectivity index (χ4v) is 8.87. The molecule has 5 nitrogen and oxygen atoms in total. The monoisotopic (exact) mass is 430 g/mol. The van der Waals surface area contributed by atoms with E-state index in [0.29, 0.717) is 42.6 Å². The minimum absolute atomic E-state index is 0.00447. The number of rotatable bonds is 4. The number of ether oxygens (including phenoxy) is 2. The second-order valence-electron chi connectivity index (χ2n) is 11.5. The summed E-state index contributed by atoms with van der Waals surface area (Å²) in [6.45, 7) is 9.30. The van der Waals surface area contributed by atoms with E-state index in [2.05, 4.69) is 26.8 Å². The Bertz CT molecular complexity index is 791. The number of fused-ring (bicyclic) bond motifs is 8. The number of carbonyl (C=O) groups is 2. The maximum Gasteiger partial charge on any atom is 0.330 e. The Morgan fingerprint density at radius 1 is 1.19 bits per heavy atom. The molecule has 0 spiro atoms. The summed E-state index contributed by atoms with van der Waals surface area (Å²) in [4.78, 5) is 24.1. The fourth-order valence-electron chi connectivity index (χ4n) is 8.87. The SMILES string of the molecule is CCOC(=O)/C=C/[C@@H](C)C1CCC2C3C4O[C@H]4C4[C@@H](O)C(=O)CC[C@]4(C)C3CC[C@@]21C. The van der Waals surface area contributed by atoms with Crippen LogP contribution in [-0.2, 0) is 19.1 Å². The molecule has 172 valence electrons. The van der Waals surface area contributed by atoms with Crippen LogP contribution in [-0.4, -0.2) is 41.8 Å². The molecule has 0 aromatic rings. The highest BCUT2D eigenvalue weighted by Crippen LogP contribution is 2.71. The molecule has 0 amide bonds. The molecule has 0 bridgehead atoms. The number of hydrogen-bond acceptors (Lipinski definition) is 5. The fraction of sp³-hybridized carbons (Fsp3) is 0.846. The molecule has 0 aromatic heterocycles. The standard InChI is InChI=1S/C26H38O5/c1-5-30-19(28)9-6-14(2)15-7-8-16-20-17(10-12-25(15,16)3)26(4)13-11-18(27)22(29)21(26)24-23(20)31-24/h6,9,14-17,20-24,29H,5,7-8,10-13H2,1-4H3/b9-6+/t14-,15?,16?,17?,20?,21?,22+,23?,24+,25-,26-/m1/s1. The summed E-state index contributed by atoms with van der Waals surface area (Å²) in [6, 6.07) is 0. The first-order valence-electron chi connectivity index (χ1n) is 12.4. The first-order valence-corrected chi connectivity index (χ1v) is 12.4. The predicted molar refractivity (Wildman–Crippen MR) is 116 cm³/mol. The van der Waals surface area contributed by atoms with Crippen molar-refractivity contribution in [3.8, 4) is 0 Å². The summed E-state index contributed by atoms with van der Waals surface area (Å²) >= 11 is 0. The highest BCUT2D eigenvalue weighted by atomic mass is 16.6. The van der Waals surface area contributed by atoms with E-state index in [1.54, 1.807) is 6.08 Å². The minimum Gasteiger partial charge on any atom is -0.463 e. The molecule has 4 aliphatic carbocycles. The molecule has 6 unspecified atom stereocenters. The molecular weight excluding hydrogens is 392 g/mol. The zero-order valence-electron chi connectivity index (χ0n) is 19.4. The van der Waals surface area contributed by atoms with Gasteiger partial charge in [-0.2, -0.15) is 0 Å². The molecule has 31 heavy (non-hydrogen) atoms. The molecule has 5 fully saturated rings. The summed E-state index contributed by atoms with van der Waals surface area (Å²) in [5.41, 5.74) is 0.257. The Morgan fingerprint density at radius 2 is 1.94 bits per heavy atom. The third-order valence-electron chi connectivity index (χ3n) is 10.3. The van der Waals surface area contributed by atoms with E-state index in [1.165, 1.54) is 19.3 Å². The molecule has 1 saturated heterocycles. The molecule has 11 atom stereocenters. The van der Waals surface area contributed by atoms with Crippen molar-refractivity contribution in [2.45, 2.75) is 84.5 Å². The van der Waals surface area contributed by atoms with Gasteiger partial charge >= 0.3 is 5.97 Å². The molecule has 5 heteroatoms. The van der Waals surface area contributed by atoms with E-state index in [9.17, 15) is 14.7 Å². The van der Waals surface area contributed by atoms with Crippen LogP contribution in [0.25, 0.3) is 0 Å². The quantitative estimate of drug-likeness (QED) is 0.415. The average Bonchev–Trinajstić information content (AvgIpc) is 3.42. The van der Waals surface area contributed by atoms with Crippen molar-refractivity contribution in [3.63, 3.8) is 0 Å². The van der Waals surface area contributed by atoms with Crippen LogP contribution >= 0.6 is 0 Å². The Hall–Kier alpha value is -1.20. The van der Waals surface area contributed by atoms with Crippen LogP contribution in [0.2, 0.25) is 0 Å². The molecular formula is C26H38O5. The lowest BCUT2D eigenvalue weighted by molar-refractivity contribution is -0.157. The van der Waals surface area contributed by atoms with E-state index in [4.69, 9.17) is 9.47 Å². The van der Waals surface area contributed by atoms with Gasteiger partial charge in [-0.15, -0.1) is 0 Å². The predicted octanol–water partition coefficient (Wildman–Crippen LogP) is 3.93. The number of hydrogen-bond donors (Lipinski definition) is 1. The first-order chi connectivity index (χ1) is 14.7. The summed E-state index contributed by atoms with van der Waals surface area (Å²) in [5, 5.41) is 10.7. The smallest absolute Gasteiger partial charge is 0.330 e. The second kappa shape index (κ2) is 7.41. The molecule has 1 aliphatic heterocycles. The van der Waals surface area contributed by atoms with Gasteiger partial charge in [0.2, 0.25) is 0 Å². The first kappa shape index (κ1) is 21.6. The van der Waals surface area contributed by atoms with Crippen molar-refractivity contribution in [1.29, 1.82) is 0 Å². The van der Waals surface area contributed by atoms with Gasteiger partial charge in [0.25, 0.3) is 0 Å². The van der Waals surface area contributed by atoms with Gasteiger partial charge in [-0.3, -0.25) is 4.79 Å². The van der Waals surface area contributed by atoms with Gasteiger partial charge in [-0.05, 0) is 79.4 Å². The summed E-state index contributed by atoms with van der Waals surface area (Å²) in [5.74, 6) is 2.34. The largest absolute Gasteiger partial charge is 0.463 e. The number of aliphatic hydroxyl groups excluding tert-OH is 1. The number of allylic oxidation sites excluding steroid dienone is 1. The van der Waals surface area contributed by atoms with Crippen LogP contribution in [0, 0.1) is 46.3 Å². The van der Waals surface area contributed by atoms with E-state index in [1.807, 2.05) is 6.92 Å². The number of esters is 1. The van der Waals surface area contributed by atoms with Crippen molar-refractivity contribution in [1.82, 2.24) is 0 Å². The topological polar surface area (TPSA) is 76.1 Å². The van der Waals surface area contributed by atoms with Gasteiger partial charge < -0.3 is 14.6 Å². The van der Waals surface area contributed by atoms with Crippen molar-refractivity contribution < 1.29 is 24.2 Å². The van der Waals surface area contributed by atoms with E-state index < -0.39 is 6.10 Å². The Morgan fingerprint density at radius 3 is 2.68 bits per heavy atom. The molecule has 5 rings (SSSR count). The van der Waals surface area contributed by atoms with Gasteiger partial charge in [-0.1, -0.05) is 26.8 Å². The maximum atomic E-state index is 12.3. The minimum atomic E-state index is -0.840. The van der Waals surface area contributed by atoms with Gasteiger partial charge in [0, 0.05) is 18.4 Å². The highest BCUT2D eigenvalue weighted by molar-refractivity contribution is 5.84. The zero-order valence-corrected chi connectivity index (χ0v) is 19.4. The molecule has 0 aromatic carbocycles. The van der Waals surface area contributed by atoms with E-state index in [-0.39, 0.29) is 40.7 Å². The van der Waals surface area contributed by atoms with Crippen LogP contribution in [0.4, 0.5) is 0 Å². The van der Waals surface area contributed by atoms with E-state index >= 15 is 0 Å². The molecule has 0 radical (unpaired) electrons. The lowest BCUT2D eigenvalue weighted by atomic mass is 9.44. The molecule has 1 heterocycles. The Labute approximate surface area is 185 Å². The van der Waals surface area contributed by atoms with E-state index in [0.717, 1.165) is 12.8 Å². The summed E-state index contributed by atoms with van der Waals surface area (Å²) < 4.78 is 11.3. The van der Waals surface area contributed by atoms with Gasteiger partial charge in [0.15, 0.2) is 5.78 Å². The zero-order chi connectivity index (χ0) is 22.1. The van der Waals surface area contributed by atoms with Crippen molar-refractivity contribution in [2.24, 2.45) is 46.3 Å². The molecule has 5 aliphatic rings. The van der Waals surface area contributed by atoms with Crippen LogP contribution in [0.1, 0.15) is 66.2 Å². The number of Topliss-reactive ketones (excluding diaryl/α,β-unsaturated/α-hetero) is 1. The molecule has 1 N–H and O–H groups in total. The Balaban J connectivity index is 1.38. The molecule has 4 saturated carbocycles. The van der Waals surface area contributed by atoms with Gasteiger partial charge in [0.05, 0.1) is 18.8 Å². The number of ketones is 1. The van der Waals surface area contributed by atoms with Crippen LogP contribution in [0.3, 0.4) is 0 Å². The maximum absolute atomic E-state index is 12.3. The highest BCUT2D eigenvalue weighted by Gasteiger charge is 2.72. The number of aliphatic hydroxyl groups is 1. The third-order valence-corrected chi connectivity index (χ3v) is 10.3. The second-order valence-corrected chi connectivity index (χ2v) is 11.5. The van der Waals surface area contributed by atoms with Crippen LogP contribution in [0.15, 0.2) is 12.2 Å². The lowest BCUT2D eigenvalue weighted by Gasteiger charge is -2.59. The number of epoxide rings is 1. The van der Waals surface area contributed by atoms with Crippen molar-refractivity contribution in [2.75, 3.05) is 6.61 Å². The average molecular weight is 431 g/mol. The third kappa shape index (κ3) is 3.09. The normalized spacial score (nSPS) is 51.5.